The first-order valence-corrected chi connectivity index (χ1v) is 4.01. The number of aryl methyl sites for hydroxylation is 1. The summed E-state index contributed by atoms with van der Waals surface area (Å²) in [5.41, 5.74) is 2.21. The molecular weight excluding hydrogens is 152 g/mol. The molecule has 1 aliphatic rings. The third-order valence-corrected chi connectivity index (χ3v) is 2.15. The first-order chi connectivity index (χ1) is 5.83. The standard InChI is InChI=1S/C9H10N2O/c1-7-6-8(2-3-10)9-11(7)4-5-12-9/h6H,2,4-5H2,1H3. The van der Waals surface area contributed by atoms with E-state index in [0.29, 0.717) is 6.42 Å². The Balaban J connectivity index is 2.45. The first-order valence-electron chi connectivity index (χ1n) is 4.01. The summed E-state index contributed by atoms with van der Waals surface area (Å²) in [7, 11) is 0. The lowest BCUT2D eigenvalue weighted by Gasteiger charge is -1.96. The van der Waals surface area contributed by atoms with E-state index in [4.69, 9.17) is 10.00 Å². The minimum Gasteiger partial charge on any atom is -0.477 e. The highest BCUT2D eigenvalue weighted by Crippen LogP contribution is 2.27. The third kappa shape index (κ3) is 0.884. The van der Waals surface area contributed by atoms with Crippen LogP contribution >= 0.6 is 0 Å². The first kappa shape index (κ1) is 7.23. The number of hydrogen-bond donors (Lipinski definition) is 0. The molecule has 2 heterocycles. The van der Waals surface area contributed by atoms with Crippen LogP contribution in [-0.2, 0) is 13.0 Å². The monoisotopic (exact) mass is 162 g/mol. The fourth-order valence-corrected chi connectivity index (χ4v) is 1.62. The van der Waals surface area contributed by atoms with E-state index in [1.807, 2.05) is 13.0 Å². The summed E-state index contributed by atoms with van der Waals surface area (Å²) in [6, 6.07) is 4.16. The smallest absolute Gasteiger partial charge is 0.198 e. The average molecular weight is 162 g/mol. The summed E-state index contributed by atoms with van der Waals surface area (Å²) in [4.78, 5) is 0. The van der Waals surface area contributed by atoms with Crippen LogP contribution in [0.4, 0.5) is 0 Å². The third-order valence-electron chi connectivity index (χ3n) is 2.15. The van der Waals surface area contributed by atoms with Crippen molar-refractivity contribution in [2.24, 2.45) is 0 Å². The maximum absolute atomic E-state index is 8.55. The van der Waals surface area contributed by atoms with Gasteiger partial charge in [-0.05, 0) is 13.0 Å². The van der Waals surface area contributed by atoms with Crippen LogP contribution in [0, 0.1) is 18.3 Å². The topological polar surface area (TPSA) is 38.0 Å². The van der Waals surface area contributed by atoms with Gasteiger partial charge < -0.3 is 9.30 Å². The number of ether oxygens (including phenoxy) is 1. The second-order valence-corrected chi connectivity index (χ2v) is 2.95. The Morgan fingerprint density at radius 1 is 1.75 bits per heavy atom. The Labute approximate surface area is 71.2 Å². The van der Waals surface area contributed by atoms with Gasteiger partial charge in [-0.2, -0.15) is 5.26 Å². The van der Waals surface area contributed by atoms with Crippen molar-refractivity contribution in [3.05, 3.63) is 17.3 Å². The largest absolute Gasteiger partial charge is 0.477 e. The van der Waals surface area contributed by atoms with Gasteiger partial charge in [0.1, 0.15) is 6.61 Å². The normalized spacial score (nSPS) is 13.7. The van der Waals surface area contributed by atoms with E-state index in [-0.39, 0.29) is 0 Å². The molecule has 0 aromatic carbocycles. The van der Waals surface area contributed by atoms with Crippen LogP contribution in [0.5, 0.6) is 5.88 Å². The quantitative estimate of drug-likeness (QED) is 0.623. The molecule has 0 N–H and O–H groups in total. The predicted octanol–water partition coefficient (Wildman–Crippen LogP) is 1.25. The number of fused-ring (bicyclic) bond motifs is 1. The Bertz CT molecular complexity index is 346. The Kier molecular flexibility index (Phi) is 1.54. The highest BCUT2D eigenvalue weighted by Gasteiger charge is 2.18. The maximum atomic E-state index is 8.55. The minimum absolute atomic E-state index is 0.448. The molecular formula is C9H10N2O. The predicted molar refractivity (Wildman–Crippen MR) is 44.0 cm³/mol. The van der Waals surface area contributed by atoms with E-state index in [0.717, 1.165) is 24.6 Å². The van der Waals surface area contributed by atoms with Gasteiger partial charge in [0.25, 0.3) is 0 Å². The van der Waals surface area contributed by atoms with Crippen molar-refractivity contribution in [1.29, 1.82) is 5.26 Å². The lowest BCUT2D eigenvalue weighted by molar-refractivity contribution is 0.354. The summed E-state index contributed by atoms with van der Waals surface area (Å²) in [6.45, 7) is 3.71. The van der Waals surface area contributed by atoms with E-state index in [9.17, 15) is 0 Å². The molecule has 0 amide bonds. The molecule has 0 atom stereocenters. The van der Waals surface area contributed by atoms with Crippen molar-refractivity contribution in [3.8, 4) is 11.9 Å². The van der Waals surface area contributed by atoms with Crippen LogP contribution in [-0.4, -0.2) is 11.2 Å². The Hall–Kier alpha value is -1.43. The van der Waals surface area contributed by atoms with Crippen LogP contribution < -0.4 is 4.74 Å². The highest BCUT2D eigenvalue weighted by molar-refractivity contribution is 5.36. The molecule has 1 aromatic rings. The highest BCUT2D eigenvalue weighted by atomic mass is 16.5. The summed E-state index contributed by atoms with van der Waals surface area (Å²) in [6.07, 6.45) is 0.448. The van der Waals surface area contributed by atoms with E-state index in [2.05, 4.69) is 10.6 Å². The van der Waals surface area contributed by atoms with E-state index < -0.39 is 0 Å². The average Bonchev–Trinajstić information content (AvgIpc) is 2.58. The van der Waals surface area contributed by atoms with Gasteiger partial charge in [-0.1, -0.05) is 0 Å². The Morgan fingerprint density at radius 3 is 3.33 bits per heavy atom. The number of rotatable bonds is 1. The molecule has 62 valence electrons. The lowest BCUT2D eigenvalue weighted by Crippen LogP contribution is -1.94. The molecule has 0 radical (unpaired) electrons. The van der Waals surface area contributed by atoms with Gasteiger partial charge in [-0.25, -0.2) is 0 Å². The number of aromatic nitrogens is 1. The molecule has 0 aliphatic carbocycles. The minimum atomic E-state index is 0.448. The van der Waals surface area contributed by atoms with Crippen LogP contribution in [0.15, 0.2) is 6.07 Å². The van der Waals surface area contributed by atoms with Crippen molar-refractivity contribution in [1.82, 2.24) is 4.57 Å². The molecule has 3 nitrogen and oxygen atoms in total. The van der Waals surface area contributed by atoms with Crippen molar-refractivity contribution >= 4 is 0 Å². The van der Waals surface area contributed by atoms with Crippen molar-refractivity contribution in [3.63, 3.8) is 0 Å². The fourth-order valence-electron chi connectivity index (χ4n) is 1.62. The maximum Gasteiger partial charge on any atom is 0.198 e. The molecule has 1 aliphatic heterocycles. The summed E-state index contributed by atoms with van der Waals surface area (Å²) in [5.74, 6) is 0.897. The molecule has 0 saturated heterocycles. The molecule has 0 bridgehead atoms. The molecule has 3 heteroatoms. The van der Waals surface area contributed by atoms with Gasteiger partial charge >= 0.3 is 0 Å². The van der Waals surface area contributed by atoms with Crippen LogP contribution in [0.1, 0.15) is 11.3 Å². The molecule has 0 fully saturated rings. The molecule has 1 aromatic heterocycles. The Morgan fingerprint density at radius 2 is 2.58 bits per heavy atom. The molecule has 0 saturated carbocycles. The zero-order chi connectivity index (χ0) is 8.55. The number of nitriles is 1. The second-order valence-electron chi connectivity index (χ2n) is 2.95. The van der Waals surface area contributed by atoms with Crippen LogP contribution in [0.2, 0.25) is 0 Å². The molecule has 0 unspecified atom stereocenters. The summed E-state index contributed by atoms with van der Waals surface area (Å²) < 4.78 is 7.53. The zero-order valence-corrected chi connectivity index (χ0v) is 7.00. The van der Waals surface area contributed by atoms with E-state index in [1.54, 1.807) is 0 Å². The fraction of sp³-hybridized carbons (Fsp3) is 0.444. The molecule has 0 spiro atoms. The van der Waals surface area contributed by atoms with Gasteiger partial charge in [0.2, 0.25) is 0 Å². The van der Waals surface area contributed by atoms with Crippen molar-refractivity contribution in [2.45, 2.75) is 19.9 Å². The van der Waals surface area contributed by atoms with Crippen molar-refractivity contribution < 1.29 is 4.74 Å². The van der Waals surface area contributed by atoms with E-state index in [1.165, 1.54) is 5.69 Å². The van der Waals surface area contributed by atoms with E-state index >= 15 is 0 Å². The molecule has 12 heavy (non-hydrogen) atoms. The van der Waals surface area contributed by atoms with Gasteiger partial charge in [0.05, 0.1) is 19.0 Å². The lowest BCUT2D eigenvalue weighted by atomic mass is 10.2. The second kappa shape index (κ2) is 2.56. The van der Waals surface area contributed by atoms with Crippen LogP contribution in [0.3, 0.4) is 0 Å². The van der Waals surface area contributed by atoms with Crippen molar-refractivity contribution in [2.75, 3.05) is 6.61 Å². The van der Waals surface area contributed by atoms with Gasteiger partial charge in [-0.3, -0.25) is 0 Å². The summed E-state index contributed by atoms with van der Waals surface area (Å²) >= 11 is 0. The zero-order valence-electron chi connectivity index (χ0n) is 7.00. The van der Waals surface area contributed by atoms with Gasteiger partial charge in [-0.15, -0.1) is 0 Å². The summed E-state index contributed by atoms with van der Waals surface area (Å²) in [5, 5.41) is 8.55. The number of nitrogens with zero attached hydrogens (tertiary/aromatic N) is 2. The molecule has 2 rings (SSSR count). The van der Waals surface area contributed by atoms with Gasteiger partial charge in [0, 0.05) is 11.3 Å². The van der Waals surface area contributed by atoms with Gasteiger partial charge in [0.15, 0.2) is 5.88 Å². The van der Waals surface area contributed by atoms with Crippen LogP contribution in [0.25, 0.3) is 0 Å². The number of hydrogen-bond acceptors (Lipinski definition) is 2. The SMILES string of the molecule is Cc1cc(CC#N)c2n1CCO2.